The van der Waals surface area contributed by atoms with Crippen LogP contribution in [0.15, 0.2) is 0 Å². The largest absolute Gasteiger partial charge is 0.378 e. The minimum Gasteiger partial charge on any atom is -0.378 e. The van der Waals surface area contributed by atoms with Crippen molar-refractivity contribution < 1.29 is 4.74 Å². The fraction of sp³-hybridized carbons (Fsp3) is 1.00. The summed E-state index contributed by atoms with van der Waals surface area (Å²) in [5.41, 5.74) is 0.452. The van der Waals surface area contributed by atoms with E-state index in [1.54, 1.807) is 0 Å². The van der Waals surface area contributed by atoms with Crippen LogP contribution < -0.4 is 5.32 Å². The van der Waals surface area contributed by atoms with E-state index in [9.17, 15) is 0 Å². The molecule has 1 saturated carbocycles. The molecule has 0 radical (unpaired) electrons. The smallest absolute Gasteiger partial charge is 0.0618 e. The molecule has 0 aromatic rings. The molecule has 1 N–H and O–H groups in total. The van der Waals surface area contributed by atoms with Crippen LogP contribution in [-0.2, 0) is 4.74 Å². The van der Waals surface area contributed by atoms with Gasteiger partial charge in [-0.3, -0.25) is 0 Å². The molecular weight excluding hydrogens is 198 g/mol. The van der Waals surface area contributed by atoms with Crippen molar-refractivity contribution in [2.75, 3.05) is 13.2 Å². The molecule has 0 amide bonds. The van der Waals surface area contributed by atoms with Crippen LogP contribution in [0.1, 0.15) is 52.9 Å². The maximum atomic E-state index is 5.84. The molecule has 0 spiro atoms. The first-order valence-corrected chi connectivity index (χ1v) is 6.89. The van der Waals surface area contributed by atoms with E-state index in [1.807, 2.05) is 0 Å². The Morgan fingerprint density at radius 1 is 1.19 bits per heavy atom. The Labute approximate surface area is 100 Å². The maximum Gasteiger partial charge on any atom is 0.0618 e. The molecule has 2 rings (SSSR count). The molecule has 2 aliphatic rings. The lowest BCUT2D eigenvalue weighted by atomic mass is 9.92. The van der Waals surface area contributed by atoms with Crippen LogP contribution >= 0.6 is 0 Å². The Morgan fingerprint density at radius 3 is 2.56 bits per heavy atom. The molecule has 94 valence electrons. The summed E-state index contributed by atoms with van der Waals surface area (Å²) in [5.74, 6) is 0.896. The van der Waals surface area contributed by atoms with Crippen LogP contribution in [-0.4, -0.2) is 25.3 Å². The molecule has 2 nitrogen and oxygen atoms in total. The first-order valence-electron chi connectivity index (χ1n) is 6.89. The quantitative estimate of drug-likeness (QED) is 0.794. The van der Waals surface area contributed by atoms with Crippen molar-refractivity contribution >= 4 is 0 Å². The van der Waals surface area contributed by atoms with E-state index in [4.69, 9.17) is 4.74 Å². The summed E-state index contributed by atoms with van der Waals surface area (Å²) in [6, 6.07) is 0.710. The molecule has 0 aromatic carbocycles. The number of ether oxygens (including phenoxy) is 1. The van der Waals surface area contributed by atoms with Gasteiger partial charge in [0.25, 0.3) is 0 Å². The average Bonchev–Trinajstić information content (AvgIpc) is 2.99. The van der Waals surface area contributed by atoms with E-state index in [2.05, 4.69) is 26.1 Å². The fourth-order valence-electron chi connectivity index (χ4n) is 2.46. The summed E-state index contributed by atoms with van der Waals surface area (Å²) in [5, 5.41) is 3.71. The normalized spacial score (nSPS) is 31.7. The van der Waals surface area contributed by atoms with Gasteiger partial charge in [-0.2, -0.15) is 0 Å². The molecule has 0 bridgehead atoms. The van der Waals surface area contributed by atoms with Crippen LogP contribution in [0.25, 0.3) is 0 Å². The van der Waals surface area contributed by atoms with Crippen LogP contribution in [0.2, 0.25) is 0 Å². The van der Waals surface area contributed by atoms with Gasteiger partial charge in [0.05, 0.1) is 6.10 Å². The Bertz CT molecular complexity index is 217. The van der Waals surface area contributed by atoms with Gasteiger partial charge in [-0.25, -0.2) is 0 Å². The van der Waals surface area contributed by atoms with E-state index in [1.165, 1.54) is 32.1 Å². The summed E-state index contributed by atoms with van der Waals surface area (Å²) in [6.45, 7) is 9.06. The van der Waals surface area contributed by atoms with Gasteiger partial charge in [0.2, 0.25) is 0 Å². The van der Waals surface area contributed by atoms with E-state index < -0.39 is 0 Å². The van der Waals surface area contributed by atoms with Gasteiger partial charge in [-0.15, -0.1) is 0 Å². The van der Waals surface area contributed by atoms with Gasteiger partial charge in [-0.05, 0) is 50.0 Å². The third-order valence-electron chi connectivity index (χ3n) is 3.77. The minimum absolute atomic E-state index is 0.452. The van der Waals surface area contributed by atoms with Crippen LogP contribution in [0.4, 0.5) is 0 Å². The lowest BCUT2D eigenvalue weighted by Crippen LogP contribution is -2.40. The van der Waals surface area contributed by atoms with Gasteiger partial charge < -0.3 is 10.1 Å². The van der Waals surface area contributed by atoms with Crippen molar-refractivity contribution in [3.05, 3.63) is 0 Å². The predicted molar refractivity (Wildman–Crippen MR) is 67.6 cm³/mol. The van der Waals surface area contributed by atoms with Gasteiger partial charge in [0.15, 0.2) is 0 Å². The first kappa shape index (κ1) is 12.4. The summed E-state index contributed by atoms with van der Waals surface area (Å²) >= 11 is 0. The zero-order chi connectivity index (χ0) is 11.6. The topological polar surface area (TPSA) is 21.3 Å². The van der Waals surface area contributed by atoms with E-state index in [0.717, 1.165) is 19.1 Å². The van der Waals surface area contributed by atoms with Gasteiger partial charge >= 0.3 is 0 Å². The van der Waals surface area contributed by atoms with Crippen LogP contribution in [0, 0.1) is 11.3 Å². The van der Waals surface area contributed by atoms with Crippen molar-refractivity contribution in [2.24, 2.45) is 11.3 Å². The summed E-state index contributed by atoms with van der Waals surface area (Å²) in [7, 11) is 0. The summed E-state index contributed by atoms with van der Waals surface area (Å²) in [6.07, 6.45) is 7.08. The first-order chi connectivity index (χ1) is 7.54. The zero-order valence-corrected chi connectivity index (χ0v) is 11.1. The third-order valence-corrected chi connectivity index (χ3v) is 3.77. The highest BCUT2D eigenvalue weighted by molar-refractivity contribution is 4.88. The SMILES string of the molecule is CC(C)(C)CCN[C@H]1CCO[C@H](C2CC2)C1. The van der Waals surface area contributed by atoms with Gasteiger partial charge in [0.1, 0.15) is 0 Å². The Balaban J connectivity index is 1.65. The standard InChI is InChI=1S/C14H27NO/c1-14(2,3)7-8-15-12-6-9-16-13(10-12)11-4-5-11/h11-13,15H,4-10H2,1-3H3/t12-,13-/m0/s1. The predicted octanol–water partition coefficient (Wildman–Crippen LogP) is 2.97. The molecule has 2 fully saturated rings. The second kappa shape index (κ2) is 5.05. The Kier molecular flexibility index (Phi) is 3.91. The Morgan fingerprint density at radius 2 is 1.94 bits per heavy atom. The second-order valence-corrected chi connectivity index (χ2v) is 6.73. The summed E-state index contributed by atoms with van der Waals surface area (Å²) < 4.78 is 5.84. The maximum absolute atomic E-state index is 5.84. The lowest BCUT2D eigenvalue weighted by molar-refractivity contribution is -0.0113. The van der Waals surface area contributed by atoms with E-state index in [0.29, 0.717) is 17.6 Å². The van der Waals surface area contributed by atoms with Gasteiger partial charge in [-0.1, -0.05) is 20.8 Å². The fourth-order valence-corrected chi connectivity index (χ4v) is 2.46. The van der Waals surface area contributed by atoms with Crippen LogP contribution in [0.5, 0.6) is 0 Å². The number of hydrogen-bond donors (Lipinski definition) is 1. The molecular formula is C14H27NO. The van der Waals surface area contributed by atoms with Crippen LogP contribution in [0.3, 0.4) is 0 Å². The minimum atomic E-state index is 0.452. The number of rotatable bonds is 4. The lowest BCUT2D eigenvalue weighted by Gasteiger charge is -2.31. The molecule has 2 heteroatoms. The van der Waals surface area contributed by atoms with E-state index >= 15 is 0 Å². The highest BCUT2D eigenvalue weighted by Gasteiger charge is 2.35. The molecule has 16 heavy (non-hydrogen) atoms. The highest BCUT2D eigenvalue weighted by Crippen LogP contribution is 2.38. The molecule has 1 aliphatic heterocycles. The molecule has 1 saturated heterocycles. The van der Waals surface area contributed by atoms with Crippen molar-refractivity contribution in [3.8, 4) is 0 Å². The van der Waals surface area contributed by atoms with Crippen molar-refractivity contribution in [2.45, 2.75) is 65.0 Å². The molecule has 2 atom stereocenters. The number of hydrogen-bond acceptors (Lipinski definition) is 2. The molecule has 0 unspecified atom stereocenters. The van der Waals surface area contributed by atoms with Crippen molar-refractivity contribution in [3.63, 3.8) is 0 Å². The van der Waals surface area contributed by atoms with Crippen molar-refractivity contribution in [1.29, 1.82) is 0 Å². The highest BCUT2D eigenvalue weighted by atomic mass is 16.5. The molecule has 0 aromatic heterocycles. The summed E-state index contributed by atoms with van der Waals surface area (Å²) in [4.78, 5) is 0. The second-order valence-electron chi connectivity index (χ2n) is 6.73. The van der Waals surface area contributed by atoms with Crippen molar-refractivity contribution in [1.82, 2.24) is 5.32 Å². The van der Waals surface area contributed by atoms with E-state index in [-0.39, 0.29) is 0 Å². The monoisotopic (exact) mass is 225 g/mol. The zero-order valence-electron chi connectivity index (χ0n) is 11.1. The third kappa shape index (κ3) is 4.06. The molecule has 1 heterocycles. The Hall–Kier alpha value is -0.0800. The molecule has 1 aliphatic carbocycles. The van der Waals surface area contributed by atoms with Gasteiger partial charge in [0, 0.05) is 12.6 Å². The average molecular weight is 225 g/mol. The number of nitrogens with one attached hydrogen (secondary N) is 1.